The summed E-state index contributed by atoms with van der Waals surface area (Å²) in [5.41, 5.74) is 2.29. The minimum Gasteiger partial charge on any atom is -0.493 e. The summed E-state index contributed by atoms with van der Waals surface area (Å²) in [7, 11) is 7.85. The van der Waals surface area contributed by atoms with Crippen molar-refractivity contribution >= 4 is 11.5 Å². The van der Waals surface area contributed by atoms with Crippen LogP contribution in [-0.2, 0) is 9.53 Å². The van der Waals surface area contributed by atoms with Crippen LogP contribution in [0, 0.1) is 0 Å². The van der Waals surface area contributed by atoms with Crippen molar-refractivity contribution in [3.8, 4) is 34.5 Å². The lowest BCUT2D eigenvalue weighted by molar-refractivity contribution is -0.143. The van der Waals surface area contributed by atoms with E-state index in [0.29, 0.717) is 59.7 Å². The zero-order valence-electron chi connectivity index (χ0n) is 21.5. The van der Waals surface area contributed by atoms with Gasteiger partial charge in [0, 0.05) is 6.42 Å². The third-order valence-corrected chi connectivity index (χ3v) is 5.40. The van der Waals surface area contributed by atoms with Crippen molar-refractivity contribution in [2.24, 2.45) is 0 Å². The molecule has 0 aromatic heterocycles. The number of hydrogen-bond acceptors (Lipinski definition) is 8. The van der Waals surface area contributed by atoms with E-state index in [4.69, 9.17) is 33.2 Å². The Bertz CT molecular complexity index is 949. The van der Waals surface area contributed by atoms with Gasteiger partial charge in [-0.15, -0.1) is 0 Å². The summed E-state index contributed by atoms with van der Waals surface area (Å²) in [5, 5.41) is 0. The summed E-state index contributed by atoms with van der Waals surface area (Å²) < 4.78 is 38.5. The van der Waals surface area contributed by atoms with Gasteiger partial charge in [0.15, 0.2) is 23.0 Å². The molecule has 8 heteroatoms. The van der Waals surface area contributed by atoms with Crippen LogP contribution in [0.5, 0.6) is 34.5 Å². The number of ether oxygens (including phenoxy) is 7. The van der Waals surface area contributed by atoms with Crippen LogP contribution in [0.1, 0.15) is 43.7 Å². The molecule has 0 saturated heterocycles. The van der Waals surface area contributed by atoms with Crippen LogP contribution in [0.4, 0.5) is 0 Å². The molecule has 0 spiro atoms. The third-order valence-electron chi connectivity index (χ3n) is 5.40. The Hall–Kier alpha value is -3.55. The van der Waals surface area contributed by atoms with E-state index >= 15 is 0 Å². The average molecular weight is 489 g/mol. The Morgan fingerprint density at radius 3 is 1.63 bits per heavy atom. The second-order valence-electron chi connectivity index (χ2n) is 7.57. The molecule has 0 saturated carbocycles. The number of hydrogen-bond donors (Lipinski definition) is 0. The molecule has 0 aliphatic carbocycles. The molecule has 0 bridgehead atoms. The van der Waals surface area contributed by atoms with E-state index in [1.54, 1.807) is 42.5 Å². The van der Waals surface area contributed by atoms with Gasteiger partial charge in [-0.25, -0.2) is 0 Å². The summed E-state index contributed by atoms with van der Waals surface area (Å²) in [6, 6.07) is 7.38. The van der Waals surface area contributed by atoms with Crippen LogP contribution < -0.4 is 28.4 Å². The van der Waals surface area contributed by atoms with Crippen LogP contribution in [0.15, 0.2) is 30.8 Å². The van der Waals surface area contributed by atoms with Gasteiger partial charge in [0.05, 0.1) is 48.8 Å². The van der Waals surface area contributed by atoms with Gasteiger partial charge in [0.1, 0.15) is 0 Å². The van der Waals surface area contributed by atoms with Crippen molar-refractivity contribution < 1.29 is 38.0 Å². The standard InChI is InChI=1S/C27H36O8/c1-8-34-25(28)12-10-9-11-13-35-27-23(31-5)16-20(17-24(27)32-6)18(2)19-14-21(29-3)26(33-7)22(15-19)30-4/h14-17H,2,8-13H2,1,3-7H3. The largest absolute Gasteiger partial charge is 0.493 e. The SMILES string of the molecule is C=C(c1cc(OC)c(OC)c(OC)c1)c1cc(OC)c(OCCCCCC(=O)OCC)c(OC)c1. The lowest BCUT2D eigenvalue weighted by Crippen LogP contribution is -2.05. The highest BCUT2D eigenvalue weighted by atomic mass is 16.5. The minimum absolute atomic E-state index is 0.167. The smallest absolute Gasteiger partial charge is 0.305 e. The Kier molecular flexibility index (Phi) is 11.1. The fourth-order valence-corrected chi connectivity index (χ4v) is 3.57. The number of carbonyl (C=O) groups excluding carboxylic acids is 1. The molecule has 0 aliphatic heterocycles. The van der Waals surface area contributed by atoms with Gasteiger partial charge in [0.2, 0.25) is 11.5 Å². The maximum absolute atomic E-state index is 11.4. The zero-order valence-corrected chi connectivity index (χ0v) is 21.5. The lowest BCUT2D eigenvalue weighted by Gasteiger charge is -2.18. The molecule has 0 radical (unpaired) electrons. The molecular weight excluding hydrogens is 452 g/mol. The predicted octanol–water partition coefficient (Wildman–Crippen LogP) is 5.29. The average Bonchev–Trinajstić information content (AvgIpc) is 2.88. The third kappa shape index (κ3) is 7.21. The molecule has 0 N–H and O–H groups in total. The van der Waals surface area contributed by atoms with E-state index in [2.05, 4.69) is 6.58 Å². The molecule has 0 unspecified atom stereocenters. The molecule has 0 atom stereocenters. The van der Waals surface area contributed by atoms with Gasteiger partial charge in [-0.2, -0.15) is 0 Å². The molecular formula is C27H36O8. The van der Waals surface area contributed by atoms with Crippen molar-refractivity contribution in [1.29, 1.82) is 0 Å². The highest BCUT2D eigenvalue weighted by Crippen LogP contribution is 2.44. The summed E-state index contributed by atoms with van der Waals surface area (Å²) in [6.07, 6.45) is 2.80. The molecule has 192 valence electrons. The van der Waals surface area contributed by atoms with E-state index < -0.39 is 0 Å². The number of benzene rings is 2. The van der Waals surface area contributed by atoms with Gasteiger partial charge >= 0.3 is 5.97 Å². The maximum atomic E-state index is 11.4. The van der Waals surface area contributed by atoms with E-state index in [9.17, 15) is 4.79 Å². The molecule has 2 aromatic carbocycles. The first kappa shape index (κ1) is 27.7. The van der Waals surface area contributed by atoms with Gasteiger partial charge in [-0.3, -0.25) is 4.79 Å². The van der Waals surface area contributed by atoms with E-state index in [0.717, 1.165) is 30.4 Å². The second-order valence-corrected chi connectivity index (χ2v) is 7.57. The molecule has 0 amide bonds. The molecule has 2 aromatic rings. The Labute approximate surface area is 207 Å². The van der Waals surface area contributed by atoms with E-state index in [1.807, 2.05) is 24.3 Å². The number of methoxy groups -OCH3 is 5. The Morgan fingerprint density at radius 2 is 1.20 bits per heavy atom. The lowest BCUT2D eigenvalue weighted by atomic mass is 9.98. The van der Waals surface area contributed by atoms with Crippen LogP contribution in [0.2, 0.25) is 0 Å². The van der Waals surface area contributed by atoms with E-state index in [1.165, 1.54) is 0 Å². The van der Waals surface area contributed by atoms with Crippen LogP contribution in [-0.4, -0.2) is 54.7 Å². The number of unbranched alkanes of at least 4 members (excludes halogenated alkanes) is 2. The van der Waals surface area contributed by atoms with Crippen molar-refractivity contribution in [2.75, 3.05) is 48.8 Å². The van der Waals surface area contributed by atoms with Crippen LogP contribution in [0.3, 0.4) is 0 Å². The summed E-state index contributed by atoms with van der Waals surface area (Å²) >= 11 is 0. The predicted molar refractivity (Wildman–Crippen MR) is 134 cm³/mol. The molecule has 35 heavy (non-hydrogen) atoms. The molecule has 0 fully saturated rings. The van der Waals surface area contributed by atoms with Gasteiger partial charge in [-0.05, 0) is 67.2 Å². The first-order chi connectivity index (χ1) is 16.9. The first-order valence-corrected chi connectivity index (χ1v) is 11.5. The highest BCUT2D eigenvalue weighted by Gasteiger charge is 2.19. The van der Waals surface area contributed by atoms with Crippen molar-refractivity contribution in [3.63, 3.8) is 0 Å². The summed E-state index contributed by atoms with van der Waals surface area (Å²) in [5.74, 6) is 2.97. The number of rotatable bonds is 15. The topological polar surface area (TPSA) is 81.7 Å². The molecule has 2 rings (SSSR count). The van der Waals surface area contributed by atoms with Crippen molar-refractivity contribution in [2.45, 2.75) is 32.6 Å². The molecule has 0 aliphatic rings. The summed E-state index contributed by atoms with van der Waals surface area (Å²) in [6.45, 7) is 6.93. The normalized spacial score (nSPS) is 10.3. The van der Waals surface area contributed by atoms with Gasteiger partial charge in [0.25, 0.3) is 0 Å². The Balaban J connectivity index is 2.19. The van der Waals surface area contributed by atoms with Gasteiger partial charge in [-0.1, -0.05) is 6.58 Å². The Morgan fingerprint density at radius 1 is 0.714 bits per heavy atom. The summed E-state index contributed by atoms with van der Waals surface area (Å²) in [4.78, 5) is 11.4. The maximum Gasteiger partial charge on any atom is 0.305 e. The monoisotopic (exact) mass is 488 g/mol. The van der Waals surface area contributed by atoms with E-state index in [-0.39, 0.29) is 5.97 Å². The number of esters is 1. The fourth-order valence-electron chi connectivity index (χ4n) is 3.57. The van der Waals surface area contributed by atoms with Crippen molar-refractivity contribution in [1.82, 2.24) is 0 Å². The minimum atomic E-state index is -0.167. The first-order valence-electron chi connectivity index (χ1n) is 11.5. The second kappa shape index (κ2) is 14.0. The van der Waals surface area contributed by atoms with Gasteiger partial charge < -0.3 is 33.2 Å². The highest BCUT2D eigenvalue weighted by molar-refractivity contribution is 5.82. The van der Waals surface area contributed by atoms with Crippen molar-refractivity contribution in [3.05, 3.63) is 42.0 Å². The zero-order chi connectivity index (χ0) is 25.8. The van der Waals surface area contributed by atoms with Crippen LogP contribution in [0.25, 0.3) is 5.57 Å². The molecule has 0 heterocycles. The quantitative estimate of drug-likeness (QED) is 0.247. The van der Waals surface area contributed by atoms with Crippen LogP contribution >= 0.6 is 0 Å². The fraction of sp³-hybridized carbons (Fsp3) is 0.444. The molecule has 8 nitrogen and oxygen atoms in total. The number of carbonyl (C=O) groups is 1.